The Morgan fingerprint density at radius 2 is 1.61 bits per heavy atom. The van der Waals surface area contributed by atoms with Crippen molar-refractivity contribution in [3.8, 4) is 0 Å². The lowest BCUT2D eigenvalue weighted by atomic mass is 9.67. The smallest absolute Gasteiger partial charge is 0.336 e. The number of hydrogen-bond acceptors (Lipinski definition) is 3. The van der Waals surface area contributed by atoms with Gasteiger partial charge in [0.25, 0.3) is 0 Å². The van der Waals surface area contributed by atoms with Crippen LogP contribution >= 0.6 is 0 Å². The average molecular weight is 258 g/mol. The van der Waals surface area contributed by atoms with Crippen molar-refractivity contribution >= 4 is 11.9 Å². The maximum atomic E-state index is 11.5. The molecule has 3 N–H and O–H groups in total. The molecule has 0 aliphatic heterocycles. The minimum Gasteiger partial charge on any atom is -0.481 e. The van der Waals surface area contributed by atoms with Gasteiger partial charge in [-0.1, -0.05) is 33.1 Å². The number of aliphatic hydroxyl groups is 1. The summed E-state index contributed by atoms with van der Waals surface area (Å²) in [4.78, 5) is 22.8. The molecule has 5 heteroatoms. The highest BCUT2D eigenvalue weighted by Gasteiger charge is 2.54. The van der Waals surface area contributed by atoms with Crippen LogP contribution in [0.25, 0.3) is 0 Å². The Kier molecular flexibility index (Phi) is 4.73. The van der Waals surface area contributed by atoms with Gasteiger partial charge in [-0.3, -0.25) is 4.79 Å². The molecule has 18 heavy (non-hydrogen) atoms. The second-order valence-electron chi connectivity index (χ2n) is 5.53. The average Bonchev–Trinajstić information content (AvgIpc) is 2.28. The molecule has 1 aliphatic rings. The molecule has 104 valence electrons. The predicted molar refractivity (Wildman–Crippen MR) is 65.1 cm³/mol. The van der Waals surface area contributed by atoms with Gasteiger partial charge in [-0.25, -0.2) is 4.79 Å². The topological polar surface area (TPSA) is 94.8 Å². The van der Waals surface area contributed by atoms with Crippen molar-refractivity contribution in [1.82, 2.24) is 0 Å². The van der Waals surface area contributed by atoms with Crippen LogP contribution in [0.1, 0.15) is 46.0 Å². The SMILES string of the molecule is CC(C)C(C(=O)O)C(O)(C(=O)O)C1CCCCC1. The summed E-state index contributed by atoms with van der Waals surface area (Å²) in [6, 6.07) is 0. The van der Waals surface area contributed by atoms with E-state index >= 15 is 0 Å². The lowest BCUT2D eigenvalue weighted by molar-refractivity contribution is -0.188. The minimum absolute atomic E-state index is 0.425. The number of rotatable bonds is 5. The molecule has 0 aromatic rings. The molecule has 0 saturated heterocycles. The van der Waals surface area contributed by atoms with E-state index in [2.05, 4.69) is 0 Å². The lowest BCUT2D eigenvalue weighted by Gasteiger charge is -2.40. The number of carboxylic acid groups (broad SMARTS) is 2. The van der Waals surface area contributed by atoms with E-state index in [0.29, 0.717) is 12.8 Å². The zero-order valence-corrected chi connectivity index (χ0v) is 10.9. The van der Waals surface area contributed by atoms with E-state index in [1.165, 1.54) is 0 Å². The third-order valence-electron chi connectivity index (χ3n) is 3.98. The third kappa shape index (κ3) is 2.66. The van der Waals surface area contributed by atoms with E-state index in [4.69, 9.17) is 0 Å². The second-order valence-corrected chi connectivity index (χ2v) is 5.53. The van der Waals surface area contributed by atoms with Crippen LogP contribution in [0.3, 0.4) is 0 Å². The van der Waals surface area contributed by atoms with Crippen molar-refractivity contribution in [1.29, 1.82) is 0 Å². The fourth-order valence-corrected chi connectivity index (χ4v) is 3.09. The van der Waals surface area contributed by atoms with Gasteiger partial charge >= 0.3 is 11.9 Å². The van der Waals surface area contributed by atoms with Gasteiger partial charge in [0, 0.05) is 0 Å². The van der Waals surface area contributed by atoms with Crippen LogP contribution in [0.5, 0.6) is 0 Å². The van der Waals surface area contributed by atoms with Gasteiger partial charge in [-0.05, 0) is 24.7 Å². The molecular weight excluding hydrogens is 236 g/mol. The first-order chi connectivity index (χ1) is 8.31. The van der Waals surface area contributed by atoms with Crippen LogP contribution in [0.2, 0.25) is 0 Å². The first-order valence-corrected chi connectivity index (χ1v) is 6.50. The van der Waals surface area contributed by atoms with Gasteiger partial charge in [0.2, 0.25) is 0 Å². The first-order valence-electron chi connectivity index (χ1n) is 6.50. The molecule has 1 fully saturated rings. The van der Waals surface area contributed by atoms with Gasteiger partial charge < -0.3 is 15.3 Å². The van der Waals surface area contributed by atoms with Crippen molar-refractivity contribution in [2.24, 2.45) is 17.8 Å². The Morgan fingerprint density at radius 3 is 1.94 bits per heavy atom. The van der Waals surface area contributed by atoms with Crippen LogP contribution < -0.4 is 0 Å². The molecule has 1 saturated carbocycles. The van der Waals surface area contributed by atoms with Gasteiger partial charge in [-0.15, -0.1) is 0 Å². The first kappa shape index (κ1) is 15.0. The van der Waals surface area contributed by atoms with Crippen molar-refractivity contribution in [3.05, 3.63) is 0 Å². The van der Waals surface area contributed by atoms with Gasteiger partial charge in [-0.2, -0.15) is 0 Å². The molecule has 0 aromatic carbocycles. The summed E-state index contributed by atoms with van der Waals surface area (Å²) in [6.07, 6.45) is 3.89. The number of hydrogen-bond donors (Lipinski definition) is 3. The Bertz CT molecular complexity index is 319. The summed E-state index contributed by atoms with van der Waals surface area (Å²) in [5.41, 5.74) is -2.15. The molecule has 0 spiro atoms. The van der Waals surface area contributed by atoms with Crippen molar-refractivity contribution in [2.45, 2.75) is 51.6 Å². The van der Waals surface area contributed by atoms with Gasteiger partial charge in [0.15, 0.2) is 5.60 Å². The number of aliphatic carboxylic acids is 2. The zero-order valence-electron chi connectivity index (χ0n) is 10.9. The lowest BCUT2D eigenvalue weighted by Crippen LogP contribution is -2.56. The highest BCUT2D eigenvalue weighted by molar-refractivity contribution is 5.86. The van der Waals surface area contributed by atoms with Gasteiger partial charge in [0.1, 0.15) is 0 Å². The monoisotopic (exact) mass is 258 g/mol. The molecule has 0 aromatic heterocycles. The van der Waals surface area contributed by atoms with Crippen LogP contribution in [0.15, 0.2) is 0 Å². The normalized spacial score (nSPS) is 22.4. The van der Waals surface area contributed by atoms with E-state index in [9.17, 15) is 24.9 Å². The van der Waals surface area contributed by atoms with Crippen LogP contribution in [-0.2, 0) is 9.59 Å². The maximum absolute atomic E-state index is 11.5. The standard InChI is InChI=1S/C13H22O5/c1-8(2)10(11(14)15)13(18,12(16)17)9-6-4-3-5-7-9/h8-10,18H,3-7H2,1-2H3,(H,14,15)(H,16,17). The summed E-state index contributed by atoms with van der Waals surface area (Å²) >= 11 is 0. The van der Waals surface area contributed by atoms with Crippen molar-refractivity contribution in [3.63, 3.8) is 0 Å². The summed E-state index contributed by atoms with van der Waals surface area (Å²) in [5, 5.41) is 29.1. The molecule has 2 unspecified atom stereocenters. The van der Waals surface area contributed by atoms with E-state index in [-0.39, 0.29) is 0 Å². The van der Waals surface area contributed by atoms with Crippen molar-refractivity contribution < 1.29 is 24.9 Å². The van der Waals surface area contributed by atoms with E-state index in [0.717, 1.165) is 19.3 Å². The van der Waals surface area contributed by atoms with Crippen molar-refractivity contribution in [2.75, 3.05) is 0 Å². The fourth-order valence-electron chi connectivity index (χ4n) is 3.09. The predicted octanol–water partition coefficient (Wildman–Crippen LogP) is 1.74. The summed E-state index contributed by atoms with van der Waals surface area (Å²) in [6.45, 7) is 3.27. The maximum Gasteiger partial charge on any atom is 0.336 e. The van der Waals surface area contributed by atoms with Crippen LogP contribution in [0, 0.1) is 17.8 Å². The number of carbonyl (C=O) groups is 2. The van der Waals surface area contributed by atoms with Gasteiger partial charge in [0.05, 0.1) is 5.92 Å². The summed E-state index contributed by atoms with van der Waals surface area (Å²) in [7, 11) is 0. The van der Waals surface area contributed by atoms with Crippen LogP contribution in [0.4, 0.5) is 0 Å². The Morgan fingerprint density at radius 1 is 1.11 bits per heavy atom. The number of carboxylic acids is 2. The highest BCUT2D eigenvalue weighted by Crippen LogP contribution is 2.40. The molecular formula is C13H22O5. The third-order valence-corrected chi connectivity index (χ3v) is 3.98. The fraction of sp³-hybridized carbons (Fsp3) is 0.846. The van der Waals surface area contributed by atoms with E-state index in [1.54, 1.807) is 13.8 Å². The zero-order chi connectivity index (χ0) is 13.9. The molecule has 2 atom stereocenters. The second kappa shape index (κ2) is 5.69. The Balaban J connectivity index is 3.11. The largest absolute Gasteiger partial charge is 0.481 e. The molecule has 0 bridgehead atoms. The van der Waals surface area contributed by atoms with Crippen LogP contribution in [-0.4, -0.2) is 32.9 Å². The van der Waals surface area contributed by atoms with E-state index in [1.807, 2.05) is 0 Å². The molecule has 0 heterocycles. The molecule has 5 nitrogen and oxygen atoms in total. The highest BCUT2D eigenvalue weighted by atomic mass is 16.4. The molecule has 0 radical (unpaired) electrons. The quantitative estimate of drug-likeness (QED) is 0.698. The van der Waals surface area contributed by atoms with E-state index < -0.39 is 35.3 Å². The minimum atomic E-state index is -2.15. The Labute approximate surface area is 107 Å². The molecule has 0 amide bonds. The summed E-state index contributed by atoms with van der Waals surface area (Å²) in [5.74, 6) is -4.80. The summed E-state index contributed by atoms with van der Waals surface area (Å²) < 4.78 is 0. The Hall–Kier alpha value is -1.10. The molecule has 1 rings (SSSR count). The molecule has 1 aliphatic carbocycles.